The van der Waals surface area contributed by atoms with Crippen LogP contribution in [0.25, 0.3) is 16.8 Å². The lowest BCUT2D eigenvalue weighted by Gasteiger charge is -2.09. The van der Waals surface area contributed by atoms with E-state index in [1.807, 2.05) is 38.1 Å². The third-order valence-corrected chi connectivity index (χ3v) is 5.47. The molecule has 0 aliphatic heterocycles. The van der Waals surface area contributed by atoms with Gasteiger partial charge in [0.1, 0.15) is 5.01 Å². The smallest absolute Gasteiger partial charge is 0.282 e. The molecule has 0 fully saturated rings. The lowest BCUT2D eigenvalue weighted by molar-refractivity contribution is 0.0949. The number of carbonyl (C=O) groups excluding carboxylic acids is 1. The summed E-state index contributed by atoms with van der Waals surface area (Å²) in [5.74, 6) is -0.273. The molecule has 0 unspecified atom stereocenters. The van der Waals surface area contributed by atoms with E-state index in [0.29, 0.717) is 23.0 Å². The van der Waals surface area contributed by atoms with Gasteiger partial charge < -0.3 is 11.1 Å². The number of nitrogens with zero attached hydrogens (tertiary/aromatic N) is 4. The maximum atomic E-state index is 12.5. The van der Waals surface area contributed by atoms with E-state index < -0.39 is 0 Å². The number of pyridine rings is 2. The second-order valence-electron chi connectivity index (χ2n) is 6.81. The van der Waals surface area contributed by atoms with Crippen LogP contribution < -0.4 is 11.1 Å². The van der Waals surface area contributed by atoms with Gasteiger partial charge in [-0.15, -0.1) is 16.8 Å². The Morgan fingerprint density at radius 2 is 2.03 bits per heavy atom. The minimum atomic E-state index is -0.273. The first-order chi connectivity index (χ1) is 14.5. The van der Waals surface area contributed by atoms with Gasteiger partial charge in [-0.3, -0.25) is 14.8 Å². The Morgan fingerprint density at radius 1 is 1.23 bits per heavy atom. The minimum Gasteiger partial charge on any atom is -0.404 e. The van der Waals surface area contributed by atoms with Crippen LogP contribution in [0.4, 0.5) is 0 Å². The molecule has 0 aliphatic carbocycles. The van der Waals surface area contributed by atoms with Gasteiger partial charge >= 0.3 is 0 Å². The molecule has 30 heavy (non-hydrogen) atoms. The van der Waals surface area contributed by atoms with Gasteiger partial charge in [-0.05, 0) is 49.9 Å². The Bertz CT molecular complexity index is 1090. The third-order valence-electron chi connectivity index (χ3n) is 4.47. The highest BCUT2D eigenvalue weighted by atomic mass is 32.1. The summed E-state index contributed by atoms with van der Waals surface area (Å²) in [6.07, 6.45) is 8.37. The average molecular weight is 421 g/mol. The van der Waals surface area contributed by atoms with Gasteiger partial charge in [0.25, 0.3) is 5.91 Å². The molecule has 0 saturated carbocycles. The van der Waals surface area contributed by atoms with Crippen molar-refractivity contribution in [2.45, 2.75) is 33.2 Å². The lowest BCUT2D eigenvalue weighted by Crippen LogP contribution is -2.22. The molecule has 3 aromatic rings. The molecular weight excluding hydrogens is 396 g/mol. The Morgan fingerprint density at radius 3 is 2.73 bits per heavy atom. The Labute approximate surface area is 179 Å². The number of hydrogen-bond donors (Lipinski definition) is 2. The van der Waals surface area contributed by atoms with Crippen LogP contribution in [0.2, 0.25) is 0 Å². The number of nitrogens with two attached hydrogens (primary N) is 1. The summed E-state index contributed by atoms with van der Waals surface area (Å²) in [4.78, 5) is 21.3. The number of nitrogens with one attached hydrogen (secondary N) is 1. The molecule has 7 nitrogen and oxygen atoms in total. The van der Waals surface area contributed by atoms with Crippen molar-refractivity contribution in [1.29, 1.82) is 0 Å². The van der Waals surface area contributed by atoms with E-state index in [-0.39, 0.29) is 5.91 Å². The van der Waals surface area contributed by atoms with Crippen molar-refractivity contribution >= 4 is 22.8 Å². The first kappa shape index (κ1) is 21.3. The van der Waals surface area contributed by atoms with E-state index in [4.69, 9.17) is 5.73 Å². The SMILES string of the molecule is C=CCC/C(=C\N)c1nnc(C(=O)NCc2cnc(-c3ccnc(C)c3)c(C)c2)s1. The second-order valence-corrected chi connectivity index (χ2v) is 7.79. The zero-order valence-corrected chi connectivity index (χ0v) is 17.9. The average Bonchev–Trinajstić information content (AvgIpc) is 3.23. The number of amides is 1. The monoisotopic (exact) mass is 420 g/mol. The van der Waals surface area contributed by atoms with Gasteiger partial charge in [-0.25, -0.2) is 0 Å². The van der Waals surface area contributed by atoms with Crippen LogP contribution >= 0.6 is 11.3 Å². The van der Waals surface area contributed by atoms with E-state index in [9.17, 15) is 4.79 Å². The molecule has 0 aromatic carbocycles. The van der Waals surface area contributed by atoms with E-state index in [1.165, 1.54) is 17.5 Å². The largest absolute Gasteiger partial charge is 0.404 e. The molecule has 0 aliphatic rings. The molecule has 8 heteroatoms. The van der Waals surface area contributed by atoms with Crippen molar-refractivity contribution in [2.24, 2.45) is 5.73 Å². The van der Waals surface area contributed by atoms with E-state index in [1.54, 1.807) is 12.4 Å². The first-order valence-electron chi connectivity index (χ1n) is 9.54. The molecule has 3 N–H and O–H groups in total. The molecule has 0 atom stereocenters. The summed E-state index contributed by atoms with van der Waals surface area (Å²) in [7, 11) is 0. The van der Waals surface area contributed by atoms with Gasteiger partial charge in [-0.2, -0.15) is 0 Å². The molecule has 3 rings (SSSR count). The summed E-state index contributed by atoms with van der Waals surface area (Å²) in [6.45, 7) is 8.02. The fourth-order valence-corrected chi connectivity index (χ4v) is 3.76. The predicted molar refractivity (Wildman–Crippen MR) is 120 cm³/mol. The zero-order chi connectivity index (χ0) is 21.5. The summed E-state index contributed by atoms with van der Waals surface area (Å²) < 4.78 is 0. The summed E-state index contributed by atoms with van der Waals surface area (Å²) in [5, 5.41) is 11.9. The van der Waals surface area contributed by atoms with Crippen LogP contribution in [0.15, 0.2) is 49.4 Å². The van der Waals surface area contributed by atoms with E-state index in [2.05, 4.69) is 32.1 Å². The van der Waals surface area contributed by atoms with Crippen LogP contribution in [0.3, 0.4) is 0 Å². The van der Waals surface area contributed by atoms with Crippen molar-refractivity contribution in [2.75, 3.05) is 0 Å². The summed E-state index contributed by atoms with van der Waals surface area (Å²) >= 11 is 1.23. The number of hydrogen-bond acceptors (Lipinski definition) is 7. The van der Waals surface area contributed by atoms with Gasteiger partial charge in [-0.1, -0.05) is 23.5 Å². The third kappa shape index (κ3) is 5.15. The molecular formula is C22H24N6OS. The standard InChI is InChI=1S/C22H24N6OS/c1-4-5-6-18(11-23)21-27-28-22(30-21)20(29)26-13-16-9-14(2)19(25-12-16)17-7-8-24-15(3)10-17/h4,7-12H,1,5-6,13,23H2,2-3H3,(H,26,29)/b18-11+. The fraction of sp³-hybridized carbons (Fsp3) is 0.227. The molecule has 0 spiro atoms. The molecule has 3 aromatic heterocycles. The van der Waals surface area contributed by atoms with Crippen LogP contribution in [0.1, 0.15) is 44.5 Å². The Kier molecular flexibility index (Phi) is 7.03. The number of aromatic nitrogens is 4. The van der Waals surface area contributed by atoms with Crippen molar-refractivity contribution in [3.05, 3.63) is 76.3 Å². The van der Waals surface area contributed by atoms with Crippen molar-refractivity contribution in [3.8, 4) is 11.3 Å². The maximum absolute atomic E-state index is 12.5. The summed E-state index contributed by atoms with van der Waals surface area (Å²) in [5.41, 5.74) is 11.3. The van der Waals surface area contributed by atoms with Crippen LogP contribution in [0.5, 0.6) is 0 Å². The van der Waals surface area contributed by atoms with E-state index in [0.717, 1.165) is 40.1 Å². The normalized spacial score (nSPS) is 11.3. The molecule has 0 bridgehead atoms. The zero-order valence-electron chi connectivity index (χ0n) is 17.1. The molecule has 3 heterocycles. The summed E-state index contributed by atoms with van der Waals surface area (Å²) in [6, 6.07) is 5.97. The van der Waals surface area contributed by atoms with Crippen LogP contribution in [-0.2, 0) is 6.54 Å². The quantitative estimate of drug-likeness (QED) is 0.537. The molecule has 1 amide bonds. The minimum absolute atomic E-state index is 0.273. The predicted octanol–water partition coefficient (Wildman–Crippen LogP) is 3.81. The molecule has 0 saturated heterocycles. The van der Waals surface area contributed by atoms with Crippen molar-refractivity contribution < 1.29 is 4.79 Å². The molecule has 0 radical (unpaired) electrons. The van der Waals surface area contributed by atoms with Crippen LogP contribution in [0, 0.1) is 13.8 Å². The highest BCUT2D eigenvalue weighted by molar-refractivity contribution is 7.14. The maximum Gasteiger partial charge on any atom is 0.282 e. The lowest BCUT2D eigenvalue weighted by atomic mass is 10.1. The number of aryl methyl sites for hydroxylation is 2. The number of rotatable bonds is 8. The highest BCUT2D eigenvalue weighted by Crippen LogP contribution is 2.24. The topological polar surface area (TPSA) is 107 Å². The highest BCUT2D eigenvalue weighted by Gasteiger charge is 2.15. The van der Waals surface area contributed by atoms with Crippen LogP contribution in [-0.4, -0.2) is 26.1 Å². The van der Waals surface area contributed by atoms with E-state index >= 15 is 0 Å². The van der Waals surface area contributed by atoms with Gasteiger partial charge in [0.15, 0.2) is 0 Å². The Balaban J connectivity index is 1.65. The first-order valence-corrected chi connectivity index (χ1v) is 10.4. The van der Waals surface area contributed by atoms with Gasteiger partial charge in [0, 0.05) is 42.0 Å². The fourth-order valence-electron chi connectivity index (χ4n) is 2.95. The van der Waals surface area contributed by atoms with Gasteiger partial charge in [0.2, 0.25) is 5.01 Å². The Hall–Kier alpha value is -3.39. The number of carbonyl (C=O) groups is 1. The van der Waals surface area contributed by atoms with Crippen molar-refractivity contribution in [1.82, 2.24) is 25.5 Å². The number of allylic oxidation sites excluding steroid dienone is 2. The van der Waals surface area contributed by atoms with Crippen molar-refractivity contribution in [3.63, 3.8) is 0 Å². The van der Waals surface area contributed by atoms with Gasteiger partial charge in [0.05, 0.1) is 5.69 Å². The second kappa shape index (κ2) is 9.89. The molecule has 154 valence electrons.